The molecule has 2 N–H and O–H groups in total. The first-order chi connectivity index (χ1) is 16.5. The number of benzene rings is 3. The van der Waals surface area contributed by atoms with Gasteiger partial charge in [0, 0.05) is 0 Å². The maximum atomic E-state index is 12.7. The van der Waals surface area contributed by atoms with Gasteiger partial charge in [0.2, 0.25) is 11.8 Å². The van der Waals surface area contributed by atoms with Gasteiger partial charge in [-0.1, -0.05) is 24.3 Å². The third kappa shape index (κ3) is 6.19. The molecule has 0 spiro atoms. The van der Waals surface area contributed by atoms with E-state index in [9.17, 15) is 9.59 Å². The summed E-state index contributed by atoms with van der Waals surface area (Å²) in [6, 6.07) is 17.7. The van der Waals surface area contributed by atoms with Crippen LogP contribution in [-0.2, 0) is 22.4 Å². The predicted octanol–water partition coefficient (Wildman–Crippen LogP) is 4.08. The first-order valence-corrected chi connectivity index (χ1v) is 10.6. The Labute approximate surface area is 198 Å². The molecule has 0 radical (unpaired) electrons. The van der Waals surface area contributed by atoms with E-state index in [1.165, 1.54) is 0 Å². The van der Waals surface area contributed by atoms with Crippen molar-refractivity contribution < 1.29 is 28.5 Å². The van der Waals surface area contributed by atoms with E-state index in [1.54, 1.807) is 89.1 Å². The van der Waals surface area contributed by atoms with Crippen molar-refractivity contribution >= 4 is 23.2 Å². The minimum absolute atomic E-state index is 0.133. The lowest BCUT2D eigenvalue weighted by Gasteiger charge is -2.14. The standard InChI is InChI=1S/C26H28N2O6/c1-31-21-11-9-17(13-23(21)33-3)15-25(29)27-19-7-5-6-8-20(19)28-26(30)16-18-10-12-22(32-2)24(14-18)34-4/h5-14H,15-16H2,1-4H3,(H,27,29)(H,28,30). The van der Waals surface area contributed by atoms with Gasteiger partial charge in [0.05, 0.1) is 52.7 Å². The van der Waals surface area contributed by atoms with Crippen molar-refractivity contribution in [2.75, 3.05) is 39.1 Å². The van der Waals surface area contributed by atoms with Crippen LogP contribution in [0.1, 0.15) is 11.1 Å². The molecule has 34 heavy (non-hydrogen) atoms. The van der Waals surface area contributed by atoms with Crippen LogP contribution < -0.4 is 29.6 Å². The molecule has 0 heterocycles. The highest BCUT2D eigenvalue weighted by Crippen LogP contribution is 2.29. The van der Waals surface area contributed by atoms with Crippen molar-refractivity contribution in [2.45, 2.75) is 12.8 Å². The monoisotopic (exact) mass is 464 g/mol. The van der Waals surface area contributed by atoms with E-state index in [0.29, 0.717) is 34.4 Å². The third-order valence-corrected chi connectivity index (χ3v) is 5.10. The van der Waals surface area contributed by atoms with Gasteiger partial charge in [0.15, 0.2) is 23.0 Å². The molecule has 0 bridgehead atoms. The molecule has 8 nitrogen and oxygen atoms in total. The van der Waals surface area contributed by atoms with Gasteiger partial charge in [-0.05, 0) is 47.5 Å². The zero-order valence-electron chi connectivity index (χ0n) is 19.6. The Balaban J connectivity index is 1.66. The molecule has 0 aromatic heterocycles. The molecule has 3 aromatic carbocycles. The summed E-state index contributed by atoms with van der Waals surface area (Å²) in [5, 5.41) is 5.73. The lowest BCUT2D eigenvalue weighted by atomic mass is 10.1. The van der Waals surface area contributed by atoms with Gasteiger partial charge >= 0.3 is 0 Å². The molecule has 0 aliphatic heterocycles. The molecule has 3 aromatic rings. The van der Waals surface area contributed by atoms with Crippen LogP contribution >= 0.6 is 0 Å². The SMILES string of the molecule is COc1ccc(CC(=O)Nc2ccccc2NC(=O)Cc2ccc(OC)c(OC)c2)cc1OC. The number of nitrogens with one attached hydrogen (secondary N) is 2. The average molecular weight is 465 g/mol. The molecule has 0 aliphatic carbocycles. The topological polar surface area (TPSA) is 95.1 Å². The highest BCUT2D eigenvalue weighted by Gasteiger charge is 2.13. The van der Waals surface area contributed by atoms with Crippen LogP contribution in [0.15, 0.2) is 60.7 Å². The number of methoxy groups -OCH3 is 4. The van der Waals surface area contributed by atoms with E-state index in [1.807, 2.05) is 0 Å². The molecule has 8 heteroatoms. The van der Waals surface area contributed by atoms with E-state index in [2.05, 4.69) is 10.6 Å². The highest BCUT2D eigenvalue weighted by atomic mass is 16.5. The van der Waals surface area contributed by atoms with Crippen molar-refractivity contribution in [3.63, 3.8) is 0 Å². The van der Waals surface area contributed by atoms with Crippen LogP contribution in [0, 0.1) is 0 Å². The maximum absolute atomic E-state index is 12.7. The number of hydrogen-bond acceptors (Lipinski definition) is 6. The van der Waals surface area contributed by atoms with Crippen LogP contribution in [0.3, 0.4) is 0 Å². The maximum Gasteiger partial charge on any atom is 0.228 e. The van der Waals surface area contributed by atoms with Gasteiger partial charge < -0.3 is 29.6 Å². The van der Waals surface area contributed by atoms with Gasteiger partial charge in [-0.3, -0.25) is 9.59 Å². The summed E-state index contributed by atoms with van der Waals surface area (Å²) in [7, 11) is 6.20. The molecule has 0 unspecified atom stereocenters. The summed E-state index contributed by atoms with van der Waals surface area (Å²) < 4.78 is 21.1. The Morgan fingerprint density at radius 1 is 0.588 bits per heavy atom. The van der Waals surface area contributed by atoms with Crippen molar-refractivity contribution in [2.24, 2.45) is 0 Å². The second-order valence-corrected chi connectivity index (χ2v) is 7.37. The fourth-order valence-corrected chi connectivity index (χ4v) is 3.44. The van der Waals surface area contributed by atoms with Crippen molar-refractivity contribution in [3.8, 4) is 23.0 Å². The zero-order chi connectivity index (χ0) is 24.5. The minimum Gasteiger partial charge on any atom is -0.493 e. The Morgan fingerprint density at radius 2 is 0.971 bits per heavy atom. The molecule has 0 saturated heterocycles. The molecule has 2 amide bonds. The van der Waals surface area contributed by atoms with Gasteiger partial charge in [-0.15, -0.1) is 0 Å². The Hall–Kier alpha value is -4.20. The fraction of sp³-hybridized carbons (Fsp3) is 0.231. The number of carbonyl (C=O) groups is 2. The van der Waals surface area contributed by atoms with Gasteiger partial charge in [0.1, 0.15) is 0 Å². The second-order valence-electron chi connectivity index (χ2n) is 7.37. The summed E-state index contributed by atoms with van der Waals surface area (Å²) in [6.07, 6.45) is 0.266. The van der Waals surface area contributed by atoms with Crippen LogP contribution in [0.2, 0.25) is 0 Å². The lowest BCUT2D eigenvalue weighted by Crippen LogP contribution is -2.19. The Morgan fingerprint density at radius 3 is 1.32 bits per heavy atom. The minimum atomic E-state index is -0.228. The van der Waals surface area contributed by atoms with Crippen LogP contribution in [0.25, 0.3) is 0 Å². The summed E-state index contributed by atoms with van der Waals surface area (Å²) in [5.41, 5.74) is 2.55. The normalized spacial score (nSPS) is 10.2. The van der Waals surface area contributed by atoms with E-state index in [4.69, 9.17) is 18.9 Å². The molecule has 0 fully saturated rings. The number of ether oxygens (including phenoxy) is 4. The fourth-order valence-electron chi connectivity index (χ4n) is 3.44. The van der Waals surface area contributed by atoms with Gasteiger partial charge in [-0.25, -0.2) is 0 Å². The third-order valence-electron chi connectivity index (χ3n) is 5.10. The summed E-state index contributed by atoms with van der Waals surface area (Å²) in [4.78, 5) is 25.3. The molecule has 0 aliphatic rings. The first kappa shape index (κ1) is 24.4. The molecule has 0 saturated carbocycles. The Kier molecular flexibility index (Phi) is 8.34. The van der Waals surface area contributed by atoms with E-state index in [-0.39, 0.29) is 24.7 Å². The number of amides is 2. The van der Waals surface area contributed by atoms with Crippen LogP contribution in [-0.4, -0.2) is 40.3 Å². The molecular formula is C26H28N2O6. The lowest BCUT2D eigenvalue weighted by molar-refractivity contribution is -0.116. The van der Waals surface area contributed by atoms with Crippen LogP contribution in [0.5, 0.6) is 23.0 Å². The second kappa shape index (κ2) is 11.6. The zero-order valence-corrected chi connectivity index (χ0v) is 19.6. The van der Waals surface area contributed by atoms with Crippen molar-refractivity contribution in [1.29, 1.82) is 0 Å². The van der Waals surface area contributed by atoms with E-state index >= 15 is 0 Å². The smallest absolute Gasteiger partial charge is 0.228 e. The van der Waals surface area contributed by atoms with Gasteiger partial charge in [-0.2, -0.15) is 0 Å². The average Bonchev–Trinajstić information content (AvgIpc) is 2.84. The molecule has 0 atom stereocenters. The molecule has 3 rings (SSSR count). The van der Waals surface area contributed by atoms with Gasteiger partial charge in [0.25, 0.3) is 0 Å². The number of anilines is 2. The Bertz CT molecular complexity index is 1070. The van der Waals surface area contributed by atoms with E-state index < -0.39 is 0 Å². The predicted molar refractivity (Wildman–Crippen MR) is 130 cm³/mol. The summed E-state index contributed by atoms with van der Waals surface area (Å²) >= 11 is 0. The highest BCUT2D eigenvalue weighted by molar-refractivity contribution is 6.00. The number of rotatable bonds is 10. The largest absolute Gasteiger partial charge is 0.493 e. The molecular weight excluding hydrogens is 436 g/mol. The summed E-state index contributed by atoms with van der Waals surface area (Å²) in [6.45, 7) is 0. The van der Waals surface area contributed by atoms with E-state index in [0.717, 1.165) is 11.1 Å². The molecule has 178 valence electrons. The quantitative estimate of drug-likeness (QED) is 0.469. The number of carbonyl (C=O) groups excluding carboxylic acids is 2. The first-order valence-electron chi connectivity index (χ1n) is 10.6. The number of para-hydroxylation sites is 2. The summed E-state index contributed by atoms with van der Waals surface area (Å²) in [5.74, 6) is 1.83. The van der Waals surface area contributed by atoms with Crippen molar-refractivity contribution in [3.05, 3.63) is 71.8 Å². The number of hydrogen-bond donors (Lipinski definition) is 2. The van der Waals surface area contributed by atoms with Crippen LogP contribution in [0.4, 0.5) is 11.4 Å². The van der Waals surface area contributed by atoms with Crippen molar-refractivity contribution in [1.82, 2.24) is 0 Å².